The second-order valence-electron chi connectivity index (χ2n) is 4.34. The van der Waals surface area contributed by atoms with Crippen molar-refractivity contribution in [3.63, 3.8) is 0 Å². The molecule has 0 amide bonds. The van der Waals surface area contributed by atoms with Crippen molar-refractivity contribution in [1.29, 1.82) is 0 Å². The molecule has 21 heavy (non-hydrogen) atoms. The first-order valence-corrected chi connectivity index (χ1v) is 7.67. The third-order valence-corrected chi connectivity index (χ3v) is 3.88. The van der Waals surface area contributed by atoms with Gasteiger partial charge in [-0.25, -0.2) is 0 Å². The minimum absolute atomic E-state index is 0.662. The molecule has 1 heterocycles. The van der Waals surface area contributed by atoms with Crippen molar-refractivity contribution in [2.24, 2.45) is 0 Å². The van der Waals surface area contributed by atoms with E-state index in [-0.39, 0.29) is 0 Å². The summed E-state index contributed by atoms with van der Waals surface area (Å²) in [6, 6.07) is 20.2. The fourth-order valence-corrected chi connectivity index (χ4v) is 2.68. The van der Waals surface area contributed by atoms with E-state index in [1.54, 1.807) is 16.4 Å². The van der Waals surface area contributed by atoms with Gasteiger partial charge in [-0.05, 0) is 34.7 Å². The molecule has 0 fully saturated rings. The quantitative estimate of drug-likeness (QED) is 0.560. The first-order valence-electron chi connectivity index (χ1n) is 6.69. The van der Waals surface area contributed by atoms with Gasteiger partial charge < -0.3 is 5.32 Å². The SMILES string of the molecule is c1ccc(SCCNc2nnnn2-c2ccccc2)cc1. The molecule has 2 aromatic carbocycles. The van der Waals surface area contributed by atoms with E-state index in [0.717, 1.165) is 18.0 Å². The Morgan fingerprint density at radius 1 is 0.952 bits per heavy atom. The minimum Gasteiger partial charge on any atom is -0.352 e. The Morgan fingerprint density at radius 2 is 1.67 bits per heavy atom. The molecule has 106 valence electrons. The molecule has 0 aliphatic heterocycles. The topological polar surface area (TPSA) is 55.6 Å². The lowest BCUT2D eigenvalue weighted by Gasteiger charge is -2.06. The van der Waals surface area contributed by atoms with Crippen LogP contribution in [0.2, 0.25) is 0 Å². The van der Waals surface area contributed by atoms with E-state index in [1.807, 2.05) is 48.5 Å². The van der Waals surface area contributed by atoms with Crippen LogP contribution < -0.4 is 5.32 Å². The van der Waals surface area contributed by atoms with E-state index in [4.69, 9.17) is 0 Å². The van der Waals surface area contributed by atoms with E-state index < -0.39 is 0 Å². The molecular weight excluding hydrogens is 282 g/mol. The molecule has 0 saturated carbocycles. The number of nitrogens with zero attached hydrogens (tertiary/aromatic N) is 4. The van der Waals surface area contributed by atoms with Crippen LogP contribution in [0.1, 0.15) is 0 Å². The lowest BCUT2D eigenvalue weighted by molar-refractivity contribution is 0.790. The Hall–Kier alpha value is -2.34. The molecule has 0 aliphatic carbocycles. The zero-order valence-electron chi connectivity index (χ0n) is 11.4. The number of tetrazole rings is 1. The Labute approximate surface area is 127 Å². The monoisotopic (exact) mass is 297 g/mol. The van der Waals surface area contributed by atoms with Crippen LogP contribution in [0.5, 0.6) is 0 Å². The summed E-state index contributed by atoms with van der Waals surface area (Å²) in [7, 11) is 0. The van der Waals surface area contributed by atoms with E-state index in [1.165, 1.54) is 4.90 Å². The molecule has 0 unspecified atom stereocenters. The fourth-order valence-electron chi connectivity index (χ4n) is 1.89. The molecule has 3 rings (SSSR count). The Morgan fingerprint density at radius 3 is 2.43 bits per heavy atom. The van der Waals surface area contributed by atoms with Crippen LogP contribution in [-0.2, 0) is 0 Å². The van der Waals surface area contributed by atoms with Gasteiger partial charge in [0, 0.05) is 17.2 Å². The maximum absolute atomic E-state index is 4.02. The molecule has 1 aromatic heterocycles. The molecule has 6 heteroatoms. The second kappa shape index (κ2) is 6.90. The van der Waals surface area contributed by atoms with Crippen LogP contribution in [0.25, 0.3) is 5.69 Å². The number of thioether (sulfide) groups is 1. The zero-order chi connectivity index (χ0) is 14.3. The maximum Gasteiger partial charge on any atom is 0.247 e. The van der Waals surface area contributed by atoms with Crippen LogP contribution in [0.3, 0.4) is 0 Å². The number of hydrogen-bond donors (Lipinski definition) is 1. The molecule has 3 aromatic rings. The zero-order valence-corrected chi connectivity index (χ0v) is 12.2. The van der Waals surface area contributed by atoms with Gasteiger partial charge in [-0.3, -0.25) is 0 Å². The fraction of sp³-hybridized carbons (Fsp3) is 0.133. The Balaban J connectivity index is 1.56. The van der Waals surface area contributed by atoms with Crippen LogP contribution in [0.4, 0.5) is 5.95 Å². The van der Waals surface area contributed by atoms with Gasteiger partial charge in [0.25, 0.3) is 0 Å². The highest BCUT2D eigenvalue weighted by Gasteiger charge is 2.06. The number of para-hydroxylation sites is 1. The molecule has 0 spiro atoms. The third kappa shape index (κ3) is 3.61. The van der Waals surface area contributed by atoms with Crippen LogP contribution in [0, 0.1) is 0 Å². The number of aromatic nitrogens is 4. The summed E-state index contributed by atoms with van der Waals surface area (Å²) < 4.78 is 1.70. The van der Waals surface area contributed by atoms with Gasteiger partial charge >= 0.3 is 0 Å². The highest BCUT2D eigenvalue weighted by molar-refractivity contribution is 7.99. The number of anilines is 1. The first kappa shape index (κ1) is 13.6. The number of nitrogens with one attached hydrogen (secondary N) is 1. The van der Waals surface area contributed by atoms with Gasteiger partial charge in [0.2, 0.25) is 5.95 Å². The summed E-state index contributed by atoms with van der Waals surface area (Å²) in [5.41, 5.74) is 0.945. The number of rotatable bonds is 6. The van der Waals surface area contributed by atoms with E-state index >= 15 is 0 Å². The van der Waals surface area contributed by atoms with Gasteiger partial charge in [0.05, 0.1) is 5.69 Å². The van der Waals surface area contributed by atoms with Gasteiger partial charge in [-0.1, -0.05) is 41.5 Å². The predicted molar refractivity (Wildman–Crippen MR) is 84.8 cm³/mol. The van der Waals surface area contributed by atoms with E-state index in [9.17, 15) is 0 Å². The Bertz CT molecular complexity index is 669. The van der Waals surface area contributed by atoms with Gasteiger partial charge in [0.15, 0.2) is 0 Å². The molecule has 0 atom stereocenters. The minimum atomic E-state index is 0.662. The highest BCUT2D eigenvalue weighted by Crippen LogP contribution is 2.16. The molecular formula is C15H15N5S. The van der Waals surface area contributed by atoms with Crippen molar-refractivity contribution in [3.05, 3.63) is 60.7 Å². The van der Waals surface area contributed by atoms with Crippen molar-refractivity contribution < 1.29 is 0 Å². The summed E-state index contributed by atoms with van der Waals surface area (Å²) >= 11 is 1.80. The maximum atomic E-state index is 4.02. The summed E-state index contributed by atoms with van der Waals surface area (Å²) in [6.45, 7) is 0.798. The highest BCUT2D eigenvalue weighted by atomic mass is 32.2. The molecule has 0 saturated heterocycles. The number of hydrogen-bond acceptors (Lipinski definition) is 5. The van der Waals surface area contributed by atoms with Crippen LogP contribution >= 0.6 is 11.8 Å². The van der Waals surface area contributed by atoms with E-state index in [2.05, 4.69) is 33.0 Å². The Kier molecular flexibility index (Phi) is 4.48. The summed E-state index contributed by atoms with van der Waals surface area (Å²) in [6.07, 6.45) is 0. The van der Waals surface area contributed by atoms with Crippen LogP contribution in [-0.4, -0.2) is 32.5 Å². The standard InChI is InChI=1S/C15H15N5S/c1-3-7-13(8-4-1)20-15(17-18-19-20)16-11-12-21-14-9-5-2-6-10-14/h1-10H,11-12H2,(H,16,17,19). The summed E-state index contributed by atoms with van der Waals surface area (Å²) in [5.74, 6) is 1.61. The van der Waals surface area contributed by atoms with Crippen molar-refractivity contribution in [2.75, 3.05) is 17.6 Å². The smallest absolute Gasteiger partial charge is 0.247 e. The lowest BCUT2D eigenvalue weighted by atomic mass is 10.3. The van der Waals surface area contributed by atoms with E-state index in [0.29, 0.717) is 5.95 Å². The van der Waals surface area contributed by atoms with Crippen LogP contribution in [0.15, 0.2) is 65.6 Å². The largest absolute Gasteiger partial charge is 0.352 e. The second-order valence-corrected chi connectivity index (χ2v) is 5.51. The van der Waals surface area contributed by atoms with Crippen molar-refractivity contribution >= 4 is 17.7 Å². The molecule has 0 radical (unpaired) electrons. The van der Waals surface area contributed by atoms with Gasteiger partial charge in [-0.2, -0.15) is 4.68 Å². The molecule has 5 nitrogen and oxygen atoms in total. The summed E-state index contributed by atoms with van der Waals surface area (Å²) in [4.78, 5) is 1.27. The third-order valence-electron chi connectivity index (χ3n) is 2.87. The molecule has 1 N–H and O–H groups in total. The lowest BCUT2D eigenvalue weighted by Crippen LogP contribution is -2.10. The van der Waals surface area contributed by atoms with Crippen molar-refractivity contribution in [3.8, 4) is 5.69 Å². The van der Waals surface area contributed by atoms with Gasteiger partial charge in [0.1, 0.15) is 0 Å². The van der Waals surface area contributed by atoms with Crippen molar-refractivity contribution in [1.82, 2.24) is 20.2 Å². The molecule has 0 bridgehead atoms. The van der Waals surface area contributed by atoms with Gasteiger partial charge in [-0.15, -0.1) is 11.8 Å². The van der Waals surface area contributed by atoms with Crippen molar-refractivity contribution in [2.45, 2.75) is 4.90 Å². The predicted octanol–water partition coefficient (Wildman–Crippen LogP) is 2.87. The number of benzene rings is 2. The average Bonchev–Trinajstić information content (AvgIpc) is 3.02. The average molecular weight is 297 g/mol. The normalized spacial score (nSPS) is 10.5. The molecule has 0 aliphatic rings. The first-order chi connectivity index (χ1) is 10.4. The summed E-state index contributed by atoms with van der Waals surface area (Å²) in [5, 5.41) is 15.0.